The molecule has 0 aliphatic heterocycles. The van der Waals surface area contributed by atoms with Crippen molar-refractivity contribution >= 4 is 5.96 Å². The molecule has 1 N–H and O–H groups in total. The summed E-state index contributed by atoms with van der Waals surface area (Å²) in [4.78, 5) is 8.86. The molecule has 1 unspecified atom stereocenters. The van der Waals surface area contributed by atoms with E-state index in [1.165, 1.54) is 12.0 Å². The largest absolute Gasteiger partial charge is 0.497 e. The fraction of sp³-hybridized carbons (Fsp3) is 0.611. The van der Waals surface area contributed by atoms with Gasteiger partial charge >= 0.3 is 0 Å². The van der Waals surface area contributed by atoms with Gasteiger partial charge in [-0.15, -0.1) is 0 Å². The summed E-state index contributed by atoms with van der Waals surface area (Å²) in [5.74, 6) is 1.80. The molecule has 0 aliphatic carbocycles. The maximum Gasteiger partial charge on any atom is 0.193 e. The number of nitrogens with one attached hydrogen (secondary N) is 1. The third-order valence-electron chi connectivity index (χ3n) is 4.24. The summed E-state index contributed by atoms with van der Waals surface area (Å²) in [6.45, 7) is 7.18. The lowest BCUT2D eigenvalue weighted by atomic mass is 10.2. The van der Waals surface area contributed by atoms with Gasteiger partial charge in [-0.05, 0) is 38.1 Å². The molecule has 5 nitrogen and oxygen atoms in total. The first-order valence-corrected chi connectivity index (χ1v) is 8.26. The second kappa shape index (κ2) is 10.1. The maximum atomic E-state index is 5.19. The molecule has 1 aromatic rings. The molecule has 0 saturated heterocycles. The Balaban J connectivity index is 2.47. The van der Waals surface area contributed by atoms with Gasteiger partial charge in [0.25, 0.3) is 0 Å². The molecule has 0 bridgehead atoms. The van der Waals surface area contributed by atoms with Crippen molar-refractivity contribution in [1.29, 1.82) is 0 Å². The molecular formula is C18H32N4O. The standard InChI is InChI=1S/C18H32N4O/c1-7-15(2)21(4)13-12-20-18(19-3)22(5)14-16-8-10-17(23-6)11-9-16/h8-11,15H,7,12-14H2,1-6H3,(H,19,20). The number of aliphatic imine (C=N–C) groups is 1. The Bertz CT molecular complexity index is 472. The molecule has 0 aliphatic rings. The highest BCUT2D eigenvalue weighted by atomic mass is 16.5. The number of methoxy groups -OCH3 is 1. The van der Waals surface area contributed by atoms with Crippen LogP contribution < -0.4 is 10.1 Å². The molecule has 0 amide bonds. The van der Waals surface area contributed by atoms with E-state index in [-0.39, 0.29) is 0 Å². The zero-order chi connectivity index (χ0) is 17.2. The van der Waals surface area contributed by atoms with Crippen molar-refractivity contribution in [2.45, 2.75) is 32.9 Å². The van der Waals surface area contributed by atoms with Crippen LogP contribution in [0.3, 0.4) is 0 Å². The van der Waals surface area contributed by atoms with E-state index in [9.17, 15) is 0 Å². The Hall–Kier alpha value is -1.75. The molecule has 1 aromatic carbocycles. The van der Waals surface area contributed by atoms with Crippen molar-refractivity contribution in [2.75, 3.05) is 41.3 Å². The third-order valence-corrected chi connectivity index (χ3v) is 4.24. The van der Waals surface area contributed by atoms with Gasteiger partial charge in [0, 0.05) is 39.8 Å². The summed E-state index contributed by atoms with van der Waals surface area (Å²) in [6.07, 6.45) is 1.17. The predicted octanol–water partition coefficient (Wildman–Crippen LogP) is 2.43. The minimum Gasteiger partial charge on any atom is -0.497 e. The van der Waals surface area contributed by atoms with Crippen molar-refractivity contribution in [3.63, 3.8) is 0 Å². The minimum atomic E-state index is 0.607. The lowest BCUT2D eigenvalue weighted by Crippen LogP contribution is -2.42. The van der Waals surface area contributed by atoms with Crippen molar-refractivity contribution in [1.82, 2.24) is 15.1 Å². The summed E-state index contributed by atoms with van der Waals surface area (Å²) < 4.78 is 5.19. The highest BCUT2D eigenvalue weighted by Gasteiger charge is 2.09. The monoisotopic (exact) mass is 320 g/mol. The van der Waals surface area contributed by atoms with E-state index in [2.05, 4.69) is 60.2 Å². The van der Waals surface area contributed by atoms with Gasteiger partial charge in [-0.1, -0.05) is 19.1 Å². The average Bonchev–Trinajstić information content (AvgIpc) is 2.58. The number of nitrogens with zero attached hydrogens (tertiary/aromatic N) is 3. The van der Waals surface area contributed by atoms with Crippen LogP contribution in [0.4, 0.5) is 0 Å². The van der Waals surface area contributed by atoms with Crippen LogP contribution in [0.5, 0.6) is 5.75 Å². The van der Waals surface area contributed by atoms with E-state index in [4.69, 9.17) is 4.74 Å². The van der Waals surface area contributed by atoms with E-state index in [0.717, 1.165) is 31.3 Å². The lowest BCUT2D eigenvalue weighted by Gasteiger charge is -2.26. The fourth-order valence-corrected chi connectivity index (χ4v) is 2.34. The fourth-order valence-electron chi connectivity index (χ4n) is 2.34. The van der Waals surface area contributed by atoms with Crippen LogP contribution in [0, 0.1) is 0 Å². The molecule has 23 heavy (non-hydrogen) atoms. The van der Waals surface area contributed by atoms with E-state index in [1.807, 2.05) is 19.2 Å². The second-order valence-corrected chi connectivity index (χ2v) is 5.92. The van der Waals surface area contributed by atoms with Gasteiger partial charge in [0.2, 0.25) is 0 Å². The number of likely N-dealkylation sites (N-methyl/N-ethyl adjacent to an activating group) is 1. The Labute approximate surface area is 141 Å². The summed E-state index contributed by atoms with van der Waals surface area (Å²) in [5, 5.41) is 3.43. The quantitative estimate of drug-likeness (QED) is 0.590. The first-order valence-electron chi connectivity index (χ1n) is 8.26. The van der Waals surface area contributed by atoms with Crippen molar-refractivity contribution in [2.24, 2.45) is 4.99 Å². The van der Waals surface area contributed by atoms with Crippen molar-refractivity contribution < 1.29 is 4.74 Å². The zero-order valence-corrected chi connectivity index (χ0v) is 15.5. The van der Waals surface area contributed by atoms with Crippen LogP contribution in [0.25, 0.3) is 0 Å². The first kappa shape index (κ1) is 19.3. The highest BCUT2D eigenvalue weighted by molar-refractivity contribution is 5.79. The zero-order valence-electron chi connectivity index (χ0n) is 15.5. The summed E-state index contributed by atoms with van der Waals surface area (Å²) in [6, 6.07) is 8.75. The normalized spacial score (nSPS) is 13.1. The summed E-state index contributed by atoms with van der Waals surface area (Å²) >= 11 is 0. The Morgan fingerprint density at radius 2 is 1.91 bits per heavy atom. The van der Waals surface area contributed by atoms with E-state index in [0.29, 0.717) is 6.04 Å². The topological polar surface area (TPSA) is 40.1 Å². The molecule has 1 atom stereocenters. The van der Waals surface area contributed by atoms with E-state index < -0.39 is 0 Å². The summed E-state index contributed by atoms with van der Waals surface area (Å²) in [5.41, 5.74) is 1.23. The second-order valence-electron chi connectivity index (χ2n) is 5.92. The molecule has 1 rings (SSSR count). The van der Waals surface area contributed by atoms with Gasteiger partial charge in [-0.25, -0.2) is 0 Å². The Morgan fingerprint density at radius 1 is 1.26 bits per heavy atom. The van der Waals surface area contributed by atoms with Crippen molar-refractivity contribution in [3.05, 3.63) is 29.8 Å². The molecule has 0 heterocycles. The number of hydrogen-bond acceptors (Lipinski definition) is 3. The molecule has 0 aromatic heterocycles. The minimum absolute atomic E-state index is 0.607. The van der Waals surface area contributed by atoms with Crippen LogP contribution in [0.15, 0.2) is 29.3 Å². The maximum absolute atomic E-state index is 5.19. The molecule has 0 fully saturated rings. The van der Waals surface area contributed by atoms with Gasteiger partial charge in [0.05, 0.1) is 7.11 Å². The molecule has 0 spiro atoms. The van der Waals surface area contributed by atoms with Gasteiger partial charge < -0.3 is 19.9 Å². The Morgan fingerprint density at radius 3 is 2.43 bits per heavy atom. The van der Waals surface area contributed by atoms with Gasteiger partial charge in [0.15, 0.2) is 5.96 Å². The number of ether oxygens (including phenoxy) is 1. The van der Waals surface area contributed by atoms with Crippen LogP contribution >= 0.6 is 0 Å². The number of rotatable bonds is 8. The predicted molar refractivity (Wildman–Crippen MR) is 98.2 cm³/mol. The first-order chi connectivity index (χ1) is 11.0. The van der Waals surface area contributed by atoms with Gasteiger partial charge in [0.1, 0.15) is 5.75 Å². The van der Waals surface area contributed by atoms with Crippen molar-refractivity contribution in [3.8, 4) is 5.75 Å². The van der Waals surface area contributed by atoms with Gasteiger partial charge in [-0.3, -0.25) is 4.99 Å². The SMILES string of the molecule is CCC(C)N(C)CCNC(=NC)N(C)Cc1ccc(OC)cc1. The molecule has 0 radical (unpaired) electrons. The third kappa shape index (κ3) is 6.48. The highest BCUT2D eigenvalue weighted by Crippen LogP contribution is 2.12. The lowest BCUT2D eigenvalue weighted by molar-refractivity contribution is 0.255. The average molecular weight is 320 g/mol. The van der Waals surface area contributed by atoms with Crippen LogP contribution in [0.1, 0.15) is 25.8 Å². The Kier molecular flexibility index (Phi) is 8.48. The van der Waals surface area contributed by atoms with Crippen LogP contribution in [0.2, 0.25) is 0 Å². The number of hydrogen-bond donors (Lipinski definition) is 1. The summed E-state index contributed by atoms with van der Waals surface area (Å²) in [7, 11) is 7.73. The van der Waals surface area contributed by atoms with Crippen LogP contribution in [-0.4, -0.2) is 63.1 Å². The van der Waals surface area contributed by atoms with E-state index in [1.54, 1.807) is 7.11 Å². The van der Waals surface area contributed by atoms with E-state index >= 15 is 0 Å². The molecular weight excluding hydrogens is 288 g/mol. The number of guanidine groups is 1. The van der Waals surface area contributed by atoms with Crippen LogP contribution in [-0.2, 0) is 6.54 Å². The molecule has 130 valence electrons. The number of benzene rings is 1. The molecule has 0 saturated carbocycles. The molecule has 5 heteroatoms. The smallest absolute Gasteiger partial charge is 0.193 e. The van der Waals surface area contributed by atoms with Gasteiger partial charge in [-0.2, -0.15) is 0 Å².